The van der Waals surface area contributed by atoms with Crippen molar-refractivity contribution in [3.05, 3.63) is 24.3 Å². The van der Waals surface area contributed by atoms with Gasteiger partial charge >= 0.3 is 0 Å². The average Bonchev–Trinajstić information content (AvgIpc) is 2.78. The maximum absolute atomic E-state index is 12.3. The van der Waals surface area contributed by atoms with Gasteiger partial charge in [-0.05, 0) is 38.4 Å². The van der Waals surface area contributed by atoms with Gasteiger partial charge in [0.25, 0.3) is 0 Å². The fourth-order valence-corrected chi connectivity index (χ4v) is 2.81. The van der Waals surface area contributed by atoms with Crippen LogP contribution >= 0.6 is 0 Å². The van der Waals surface area contributed by atoms with Crippen LogP contribution in [0, 0.1) is 0 Å². The second-order valence-corrected chi connectivity index (χ2v) is 6.98. The molecule has 6 nitrogen and oxygen atoms in total. The van der Waals surface area contributed by atoms with Crippen LogP contribution in [-0.2, 0) is 14.8 Å². The van der Waals surface area contributed by atoms with Crippen molar-refractivity contribution in [3.8, 4) is 0 Å². The van der Waals surface area contributed by atoms with E-state index in [0.29, 0.717) is 11.4 Å². The number of nitrogens with one attached hydrogen (secondary N) is 3. The number of hydrogen-bond donors (Lipinski definition) is 3. The van der Waals surface area contributed by atoms with Gasteiger partial charge in [0.1, 0.15) is 0 Å². The van der Waals surface area contributed by atoms with Crippen molar-refractivity contribution >= 4 is 27.3 Å². The van der Waals surface area contributed by atoms with E-state index in [2.05, 4.69) is 15.4 Å². The van der Waals surface area contributed by atoms with Crippen LogP contribution in [0.4, 0.5) is 11.4 Å². The van der Waals surface area contributed by atoms with Gasteiger partial charge in [0, 0.05) is 0 Å². The molecule has 0 spiro atoms. The Kier molecular flexibility index (Phi) is 4.01. The van der Waals surface area contributed by atoms with Gasteiger partial charge in [-0.1, -0.05) is 12.1 Å². The second-order valence-electron chi connectivity index (χ2n) is 5.24. The molecule has 0 saturated carbocycles. The summed E-state index contributed by atoms with van der Waals surface area (Å²) in [6, 6.07) is 6.73. The Morgan fingerprint density at radius 2 is 1.95 bits per heavy atom. The molecule has 1 aliphatic rings. The molecule has 0 aromatic heterocycles. The quantitative estimate of drug-likeness (QED) is 0.777. The van der Waals surface area contributed by atoms with E-state index in [1.165, 1.54) is 0 Å². The van der Waals surface area contributed by atoms with Gasteiger partial charge in [-0.15, -0.1) is 0 Å². The molecule has 0 bridgehead atoms. The lowest BCUT2D eigenvalue weighted by molar-refractivity contribution is -0.121. The Balaban J connectivity index is 2.19. The van der Waals surface area contributed by atoms with Crippen LogP contribution < -0.4 is 15.4 Å². The zero-order valence-corrected chi connectivity index (χ0v) is 12.4. The van der Waals surface area contributed by atoms with Gasteiger partial charge in [-0.25, -0.2) is 8.42 Å². The molecule has 7 heteroatoms. The largest absolute Gasteiger partial charge is 0.323 e. The third kappa shape index (κ3) is 3.49. The predicted molar refractivity (Wildman–Crippen MR) is 79.2 cm³/mol. The van der Waals surface area contributed by atoms with Gasteiger partial charge < -0.3 is 10.6 Å². The highest BCUT2D eigenvalue weighted by molar-refractivity contribution is 7.92. The summed E-state index contributed by atoms with van der Waals surface area (Å²) in [7, 11) is -3.39. The predicted octanol–water partition coefficient (Wildman–Crippen LogP) is 1.14. The Morgan fingerprint density at radius 1 is 1.30 bits per heavy atom. The zero-order chi connectivity index (χ0) is 14.8. The first kappa shape index (κ1) is 14.8. The summed E-state index contributed by atoms with van der Waals surface area (Å²) in [4.78, 5) is 12.3. The maximum Gasteiger partial charge on any atom is 0.244 e. The summed E-state index contributed by atoms with van der Waals surface area (Å²) in [6.07, 6.45) is 2.79. The number of amides is 1. The summed E-state index contributed by atoms with van der Waals surface area (Å²) in [5, 5.41) is 5.96. The van der Waals surface area contributed by atoms with Gasteiger partial charge in [0.15, 0.2) is 0 Å². The van der Waals surface area contributed by atoms with Gasteiger partial charge in [0.05, 0.1) is 23.2 Å². The molecule has 1 amide bonds. The van der Waals surface area contributed by atoms with Crippen molar-refractivity contribution in [2.75, 3.05) is 22.8 Å². The number of benzene rings is 1. The number of carbonyl (C=O) groups is 1. The van der Waals surface area contributed by atoms with Crippen molar-refractivity contribution in [3.63, 3.8) is 0 Å². The number of hydrogen-bond acceptors (Lipinski definition) is 4. The Labute approximate surface area is 119 Å². The molecule has 1 aliphatic heterocycles. The molecule has 1 unspecified atom stereocenters. The fourth-order valence-electron chi connectivity index (χ4n) is 2.23. The van der Waals surface area contributed by atoms with Crippen LogP contribution in [0.1, 0.15) is 19.8 Å². The minimum Gasteiger partial charge on any atom is -0.323 e. The normalized spacial score (nSPS) is 22.5. The molecule has 0 aliphatic carbocycles. The molecule has 1 saturated heterocycles. The summed E-state index contributed by atoms with van der Waals surface area (Å²) in [5.74, 6) is -0.155. The molecule has 3 N–H and O–H groups in total. The highest BCUT2D eigenvalue weighted by Gasteiger charge is 2.36. The molecule has 1 heterocycles. The Hall–Kier alpha value is -1.60. The lowest BCUT2D eigenvalue weighted by atomic mass is 9.99. The van der Waals surface area contributed by atoms with Crippen molar-refractivity contribution in [2.45, 2.75) is 25.3 Å². The summed E-state index contributed by atoms with van der Waals surface area (Å²) >= 11 is 0. The van der Waals surface area contributed by atoms with Crippen LogP contribution in [0.5, 0.6) is 0 Å². The summed E-state index contributed by atoms with van der Waals surface area (Å²) in [5.41, 5.74) is 0.223. The summed E-state index contributed by atoms with van der Waals surface area (Å²) in [6.45, 7) is 2.66. The highest BCUT2D eigenvalue weighted by Crippen LogP contribution is 2.25. The van der Waals surface area contributed by atoms with Gasteiger partial charge in [0.2, 0.25) is 15.9 Å². The SMILES string of the molecule is CC1(C(=O)Nc2ccccc2NS(C)(=O)=O)CCCN1. The second kappa shape index (κ2) is 5.41. The van der Waals surface area contributed by atoms with E-state index in [9.17, 15) is 13.2 Å². The van der Waals surface area contributed by atoms with Crippen molar-refractivity contribution in [1.82, 2.24) is 5.32 Å². The topological polar surface area (TPSA) is 87.3 Å². The van der Waals surface area contributed by atoms with Crippen LogP contribution in [-0.4, -0.2) is 32.7 Å². The number of rotatable bonds is 4. The molecule has 20 heavy (non-hydrogen) atoms. The number of para-hydroxylation sites is 2. The van der Waals surface area contributed by atoms with E-state index >= 15 is 0 Å². The minimum absolute atomic E-state index is 0.155. The molecule has 1 aromatic rings. The first-order chi connectivity index (χ1) is 9.30. The molecule has 1 aromatic carbocycles. The number of carbonyl (C=O) groups excluding carboxylic acids is 1. The zero-order valence-electron chi connectivity index (χ0n) is 11.6. The smallest absolute Gasteiger partial charge is 0.244 e. The minimum atomic E-state index is -3.39. The lowest BCUT2D eigenvalue weighted by Crippen LogP contribution is -2.48. The van der Waals surface area contributed by atoms with E-state index in [-0.39, 0.29) is 5.91 Å². The van der Waals surface area contributed by atoms with E-state index in [1.807, 2.05) is 6.92 Å². The molecular weight excluding hydrogens is 278 g/mol. The van der Waals surface area contributed by atoms with Crippen molar-refractivity contribution in [2.24, 2.45) is 0 Å². The third-order valence-electron chi connectivity index (χ3n) is 3.34. The van der Waals surface area contributed by atoms with Crippen molar-refractivity contribution in [1.29, 1.82) is 0 Å². The highest BCUT2D eigenvalue weighted by atomic mass is 32.2. The molecular formula is C13H19N3O3S. The van der Waals surface area contributed by atoms with Gasteiger partial charge in [-0.2, -0.15) is 0 Å². The molecule has 0 radical (unpaired) electrons. The van der Waals surface area contributed by atoms with Crippen LogP contribution in [0.2, 0.25) is 0 Å². The number of sulfonamides is 1. The summed E-state index contributed by atoms with van der Waals surface area (Å²) < 4.78 is 25.0. The van der Waals surface area contributed by atoms with Crippen LogP contribution in [0.25, 0.3) is 0 Å². The van der Waals surface area contributed by atoms with E-state index in [1.54, 1.807) is 24.3 Å². The fraction of sp³-hybridized carbons (Fsp3) is 0.462. The van der Waals surface area contributed by atoms with Crippen molar-refractivity contribution < 1.29 is 13.2 Å². The van der Waals surface area contributed by atoms with E-state index in [0.717, 1.165) is 25.6 Å². The van der Waals surface area contributed by atoms with Crippen LogP contribution in [0.3, 0.4) is 0 Å². The molecule has 2 rings (SSSR count). The Morgan fingerprint density at radius 3 is 2.50 bits per heavy atom. The average molecular weight is 297 g/mol. The molecule has 1 atom stereocenters. The van der Waals surface area contributed by atoms with E-state index in [4.69, 9.17) is 0 Å². The van der Waals surface area contributed by atoms with Crippen LogP contribution in [0.15, 0.2) is 24.3 Å². The third-order valence-corrected chi connectivity index (χ3v) is 3.93. The maximum atomic E-state index is 12.3. The van der Waals surface area contributed by atoms with E-state index < -0.39 is 15.6 Å². The monoisotopic (exact) mass is 297 g/mol. The lowest BCUT2D eigenvalue weighted by Gasteiger charge is -2.23. The van der Waals surface area contributed by atoms with Gasteiger partial charge in [-0.3, -0.25) is 9.52 Å². The Bertz CT molecular complexity index is 607. The molecule has 110 valence electrons. The molecule has 1 fully saturated rings. The first-order valence-corrected chi connectivity index (χ1v) is 8.33. The first-order valence-electron chi connectivity index (χ1n) is 6.43. The number of anilines is 2. The standard InChI is InChI=1S/C13H19N3O3S/c1-13(8-5-9-14-13)12(17)15-10-6-3-4-7-11(10)16-20(2,18)19/h3-4,6-7,14,16H,5,8-9H2,1-2H3,(H,15,17).